The smallest absolute Gasteiger partial charge is 0.255 e. The second-order valence-electron chi connectivity index (χ2n) is 8.72. The van der Waals surface area contributed by atoms with Gasteiger partial charge in [-0.1, -0.05) is 72.3 Å². The van der Waals surface area contributed by atoms with Crippen molar-refractivity contribution in [3.8, 4) is 33.8 Å². The van der Waals surface area contributed by atoms with E-state index in [2.05, 4.69) is 4.99 Å². The molecule has 7 heteroatoms. The summed E-state index contributed by atoms with van der Waals surface area (Å²) < 4.78 is 22.3. The molecule has 0 bridgehead atoms. The van der Waals surface area contributed by atoms with E-state index in [-0.39, 0.29) is 11.7 Å². The lowest BCUT2D eigenvalue weighted by Gasteiger charge is -2.12. The van der Waals surface area contributed by atoms with E-state index in [1.807, 2.05) is 88.8 Å². The number of hydrogen-bond donors (Lipinski definition) is 0. The number of ether oxygens (including phenoxy) is 1. The summed E-state index contributed by atoms with van der Waals surface area (Å²) in [5.41, 5.74) is 4.43. The number of halogens is 2. The second-order valence-corrected chi connectivity index (χ2v) is 10.00. The van der Waals surface area contributed by atoms with Crippen LogP contribution in [0, 0.1) is 5.82 Å². The number of methoxy groups -OCH3 is 1. The lowest BCUT2D eigenvalue weighted by molar-refractivity contribution is -0.119. The molecule has 0 aliphatic heterocycles. The van der Waals surface area contributed by atoms with Crippen molar-refractivity contribution in [2.75, 3.05) is 7.11 Å². The van der Waals surface area contributed by atoms with E-state index in [0.29, 0.717) is 26.7 Å². The van der Waals surface area contributed by atoms with Gasteiger partial charge in [0.2, 0.25) is 0 Å². The Kier molecular flexibility index (Phi) is 7.54. The minimum absolute atomic E-state index is 0.363. The number of aromatic nitrogens is 1. The third-order valence-corrected chi connectivity index (χ3v) is 7.39. The van der Waals surface area contributed by atoms with Gasteiger partial charge < -0.3 is 4.74 Å². The third kappa shape index (κ3) is 5.32. The molecule has 5 aromatic rings. The van der Waals surface area contributed by atoms with Gasteiger partial charge in [0.15, 0.2) is 4.80 Å². The summed E-state index contributed by atoms with van der Waals surface area (Å²) in [5.74, 6) is -0.684. The van der Waals surface area contributed by atoms with E-state index in [4.69, 9.17) is 16.3 Å². The van der Waals surface area contributed by atoms with Crippen LogP contribution in [0.1, 0.15) is 18.4 Å². The van der Waals surface area contributed by atoms with Gasteiger partial charge in [-0.15, -0.1) is 11.3 Å². The first-order valence-corrected chi connectivity index (χ1v) is 13.2. The molecule has 1 unspecified atom stereocenters. The number of carbonyl (C=O) groups excluding carboxylic acids is 1. The molecular formula is C31H24ClFN2O2S. The van der Waals surface area contributed by atoms with E-state index in [9.17, 15) is 9.18 Å². The predicted molar refractivity (Wildman–Crippen MR) is 151 cm³/mol. The molecule has 5 rings (SSSR count). The maximum atomic E-state index is 15.0. The molecule has 1 atom stereocenters. The van der Waals surface area contributed by atoms with Gasteiger partial charge in [-0.3, -0.25) is 9.36 Å². The van der Waals surface area contributed by atoms with E-state index in [1.54, 1.807) is 26.2 Å². The molecule has 38 heavy (non-hydrogen) atoms. The molecule has 1 amide bonds. The first-order chi connectivity index (χ1) is 18.4. The van der Waals surface area contributed by atoms with Gasteiger partial charge >= 0.3 is 0 Å². The van der Waals surface area contributed by atoms with Crippen LogP contribution in [-0.4, -0.2) is 17.6 Å². The average Bonchev–Trinajstić information content (AvgIpc) is 3.36. The summed E-state index contributed by atoms with van der Waals surface area (Å²) in [5, 5.41) is 2.59. The van der Waals surface area contributed by atoms with Crippen molar-refractivity contribution in [3.05, 3.63) is 124 Å². The van der Waals surface area contributed by atoms with Crippen molar-refractivity contribution in [1.82, 2.24) is 4.57 Å². The summed E-state index contributed by atoms with van der Waals surface area (Å²) in [6.07, 6.45) is 0. The Hall–Kier alpha value is -4.00. The van der Waals surface area contributed by atoms with E-state index < -0.39 is 5.92 Å². The molecular weight excluding hydrogens is 519 g/mol. The molecule has 1 aromatic heterocycles. The Balaban J connectivity index is 1.54. The zero-order valence-electron chi connectivity index (χ0n) is 20.8. The molecule has 0 saturated carbocycles. The minimum atomic E-state index is -0.630. The summed E-state index contributed by atoms with van der Waals surface area (Å²) in [7, 11) is 1.61. The summed E-state index contributed by atoms with van der Waals surface area (Å²) in [4.78, 5) is 18.3. The predicted octanol–water partition coefficient (Wildman–Crippen LogP) is 7.90. The maximum absolute atomic E-state index is 15.0. The highest BCUT2D eigenvalue weighted by Gasteiger charge is 2.19. The fourth-order valence-electron chi connectivity index (χ4n) is 4.20. The first kappa shape index (κ1) is 25.6. The van der Waals surface area contributed by atoms with Gasteiger partial charge in [-0.05, 0) is 53.9 Å². The maximum Gasteiger partial charge on any atom is 0.255 e. The average molecular weight is 543 g/mol. The van der Waals surface area contributed by atoms with Gasteiger partial charge in [-0.2, -0.15) is 4.99 Å². The number of rotatable bonds is 6. The summed E-state index contributed by atoms with van der Waals surface area (Å²) >= 11 is 7.46. The number of benzene rings is 4. The van der Waals surface area contributed by atoms with Crippen molar-refractivity contribution in [2.24, 2.45) is 4.99 Å². The van der Waals surface area contributed by atoms with Crippen LogP contribution in [0.25, 0.3) is 28.1 Å². The Labute approximate surface area is 229 Å². The largest absolute Gasteiger partial charge is 0.497 e. The van der Waals surface area contributed by atoms with Crippen LogP contribution in [0.2, 0.25) is 5.02 Å². The summed E-state index contributed by atoms with van der Waals surface area (Å²) in [6.45, 7) is 1.74. The normalized spacial score (nSPS) is 12.4. The molecule has 4 aromatic carbocycles. The van der Waals surface area contributed by atoms with Gasteiger partial charge in [0.05, 0.1) is 24.4 Å². The number of hydrogen-bond acceptors (Lipinski definition) is 3. The standard InChI is InChI=1S/C31H24ClFN2O2S/c1-20(23-13-16-27(28(33)17-23)21-7-4-3-5-8-21)30(36)34-31-35(25-9-6-10-26(18-25)37-2)29(19-38-31)22-11-14-24(32)15-12-22/h3-20H,1-2H3. The fraction of sp³-hybridized carbons (Fsp3) is 0.0968. The topological polar surface area (TPSA) is 43.6 Å². The van der Waals surface area contributed by atoms with Crippen molar-refractivity contribution in [1.29, 1.82) is 0 Å². The Bertz CT molecular complexity index is 1660. The summed E-state index contributed by atoms with van der Waals surface area (Å²) in [6, 6.07) is 29.3. The minimum Gasteiger partial charge on any atom is -0.497 e. The molecule has 0 fully saturated rings. The highest BCUT2D eigenvalue weighted by Crippen LogP contribution is 2.28. The van der Waals surface area contributed by atoms with E-state index in [0.717, 1.165) is 22.5 Å². The van der Waals surface area contributed by atoms with Crippen molar-refractivity contribution in [3.63, 3.8) is 0 Å². The fourth-order valence-corrected chi connectivity index (χ4v) is 5.23. The van der Waals surface area contributed by atoms with Crippen LogP contribution in [0.3, 0.4) is 0 Å². The van der Waals surface area contributed by atoms with Gasteiger partial charge in [0.25, 0.3) is 5.91 Å². The van der Waals surface area contributed by atoms with Crippen molar-refractivity contribution < 1.29 is 13.9 Å². The number of amides is 1. The van der Waals surface area contributed by atoms with Gasteiger partial charge in [0.1, 0.15) is 11.6 Å². The number of thiazole rings is 1. The van der Waals surface area contributed by atoms with Crippen molar-refractivity contribution in [2.45, 2.75) is 12.8 Å². The van der Waals surface area contributed by atoms with Crippen LogP contribution in [0.4, 0.5) is 4.39 Å². The molecule has 0 N–H and O–H groups in total. The zero-order chi connectivity index (χ0) is 26.6. The SMILES string of the molecule is COc1cccc(-n2c(-c3ccc(Cl)cc3)csc2=NC(=O)C(C)c2ccc(-c3ccccc3)c(F)c2)c1. The number of nitrogens with zero attached hydrogens (tertiary/aromatic N) is 2. The third-order valence-electron chi connectivity index (χ3n) is 6.31. The van der Waals surface area contributed by atoms with Gasteiger partial charge in [0, 0.05) is 22.0 Å². The Morgan fingerprint density at radius 1 is 0.947 bits per heavy atom. The van der Waals surface area contributed by atoms with Crippen LogP contribution >= 0.6 is 22.9 Å². The molecule has 0 radical (unpaired) electrons. The van der Waals surface area contributed by atoms with Gasteiger partial charge in [-0.25, -0.2) is 4.39 Å². The molecule has 0 aliphatic rings. The molecule has 4 nitrogen and oxygen atoms in total. The van der Waals surface area contributed by atoms with Crippen LogP contribution in [-0.2, 0) is 4.79 Å². The lowest BCUT2D eigenvalue weighted by Crippen LogP contribution is -2.18. The van der Waals surface area contributed by atoms with Crippen LogP contribution in [0.5, 0.6) is 5.75 Å². The van der Waals surface area contributed by atoms with E-state index >= 15 is 0 Å². The lowest BCUT2D eigenvalue weighted by atomic mass is 9.96. The molecule has 0 saturated heterocycles. The quantitative estimate of drug-likeness (QED) is 0.219. The molecule has 190 valence electrons. The first-order valence-electron chi connectivity index (χ1n) is 12.0. The molecule has 0 aliphatic carbocycles. The second kappa shape index (κ2) is 11.2. The Morgan fingerprint density at radius 3 is 2.42 bits per heavy atom. The van der Waals surface area contributed by atoms with E-state index in [1.165, 1.54) is 17.4 Å². The highest BCUT2D eigenvalue weighted by atomic mass is 35.5. The van der Waals surface area contributed by atoms with Crippen molar-refractivity contribution >= 4 is 28.8 Å². The monoisotopic (exact) mass is 542 g/mol. The Morgan fingerprint density at radius 2 is 1.71 bits per heavy atom. The van der Waals surface area contributed by atoms with Crippen LogP contribution < -0.4 is 9.54 Å². The zero-order valence-corrected chi connectivity index (χ0v) is 22.3. The highest BCUT2D eigenvalue weighted by molar-refractivity contribution is 7.07. The van der Waals surface area contributed by atoms with Crippen LogP contribution in [0.15, 0.2) is 107 Å². The molecule has 0 spiro atoms. The number of carbonyl (C=O) groups is 1. The molecule has 1 heterocycles.